The van der Waals surface area contributed by atoms with E-state index in [0.717, 1.165) is 18.7 Å². The number of ether oxygens (including phenoxy) is 1. The zero-order valence-electron chi connectivity index (χ0n) is 13.3. The van der Waals surface area contributed by atoms with E-state index in [2.05, 4.69) is 24.0 Å². The third-order valence-corrected chi connectivity index (χ3v) is 4.00. The van der Waals surface area contributed by atoms with Gasteiger partial charge in [0.15, 0.2) is 5.82 Å². The molecule has 0 bridgehead atoms. The molecule has 1 unspecified atom stereocenters. The molecule has 118 valence electrons. The van der Waals surface area contributed by atoms with Crippen molar-refractivity contribution in [3.63, 3.8) is 0 Å². The number of carbonyl (C=O) groups is 1. The van der Waals surface area contributed by atoms with Crippen LogP contribution in [0.15, 0.2) is 4.52 Å². The third kappa shape index (κ3) is 4.29. The number of hydrogen-bond donors (Lipinski definition) is 0. The Balaban J connectivity index is 2.12. The zero-order valence-corrected chi connectivity index (χ0v) is 13.3. The van der Waals surface area contributed by atoms with Gasteiger partial charge in [0.2, 0.25) is 5.89 Å². The molecule has 1 heterocycles. The second-order valence-corrected chi connectivity index (χ2v) is 6.26. The number of aromatic nitrogens is 2. The molecule has 1 aromatic heterocycles. The maximum Gasteiger partial charge on any atom is 0.318 e. The van der Waals surface area contributed by atoms with Crippen LogP contribution in [0.4, 0.5) is 0 Å². The molecule has 1 aromatic rings. The first-order valence-electron chi connectivity index (χ1n) is 8.12. The van der Waals surface area contributed by atoms with Crippen LogP contribution in [-0.2, 0) is 9.53 Å². The number of nitrogens with zero attached hydrogens (tertiary/aromatic N) is 2. The molecule has 0 aromatic carbocycles. The van der Waals surface area contributed by atoms with Crippen LogP contribution in [0.3, 0.4) is 0 Å². The van der Waals surface area contributed by atoms with Gasteiger partial charge >= 0.3 is 5.97 Å². The Morgan fingerprint density at radius 1 is 1.33 bits per heavy atom. The normalized spacial score (nSPS) is 17.9. The first-order valence-corrected chi connectivity index (χ1v) is 8.12. The molecule has 21 heavy (non-hydrogen) atoms. The van der Waals surface area contributed by atoms with E-state index >= 15 is 0 Å². The molecule has 1 saturated carbocycles. The molecule has 2 rings (SSSR count). The lowest BCUT2D eigenvalue weighted by molar-refractivity contribution is -0.146. The van der Waals surface area contributed by atoms with Gasteiger partial charge in [-0.2, -0.15) is 4.98 Å². The van der Waals surface area contributed by atoms with Crippen LogP contribution in [0.2, 0.25) is 0 Å². The molecule has 0 N–H and O–H groups in total. The lowest BCUT2D eigenvalue weighted by Crippen LogP contribution is -2.18. The summed E-state index contributed by atoms with van der Waals surface area (Å²) in [5.74, 6) is 1.24. The summed E-state index contributed by atoms with van der Waals surface area (Å²) in [5, 5.41) is 4.12. The monoisotopic (exact) mass is 294 g/mol. The van der Waals surface area contributed by atoms with E-state index < -0.39 is 5.92 Å². The van der Waals surface area contributed by atoms with Crippen molar-refractivity contribution in [1.82, 2.24) is 10.1 Å². The Bertz CT molecular complexity index is 450. The van der Waals surface area contributed by atoms with Gasteiger partial charge in [0, 0.05) is 5.92 Å². The largest absolute Gasteiger partial charge is 0.465 e. The Morgan fingerprint density at radius 2 is 2.05 bits per heavy atom. The van der Waals surface area contributed by atoms with E-state index in [-0.39, 0.29) is 5.97 Å². The first-order chi connectivity index (χ1) is 10.1. The van der Waals surface area contributed by atoms with Gasteiger partial charge in [-0.3, -0.25) is 4.79 Å². The van der Waals surface area contributed by atoms with Crippen LogP contribution >= 0.6 is 0 Å². The molecule has 0 saturated heterocycles. The van der Waals surface area contributed by atoms with E-state index in [0.29, 0.717) is 30.8 Å². The van der Waals surface area contributed by atoms with Crippen LogP contribution in [0, 0.1) is 5.92 Å². The standard InChI is InChI=1S/C16H26N2O3/c1-4-20-16(19)13(10-11(2)3)15-17-14(18-21-15)12-8-6-5-7-9-12/h11-13H,4-10H2,1-3H3. The summed E-state index contributed by atoms with van der Waals surface area (Å²) in [4.78, 5) is 16.6. The number of carbonyl (C=O) groups excluding carboxylic acids is 1. The van der Waals surface area contributed by atoms with Crippen molar-refractivity contribution in [3.05, 3.63) is 11.7 Å². The Labute approximate surface area is 126 Å². The van der Waals surface area contributed by atoms with E-state index in [9.17, 15) is 4.79 Å². The van der Waals surface area contributed by atoms with E-state index in [1.54, 1.807) is 0 Å². The smallest absolute Gasteiger partial charge is 0.318 e. The van der Waals surface area contributed by atoms with E-state index in [1.165, 1.54) is 19.3 Å². The average molecular weight is 294 g/mol. The van der Waals surface area contributed by atoms with Crippen molar-refractivity contribution in [3.8, 4) is 0 Å². The quantitative estimate of drug-likeness (QED) is 0.746. The Hall–Kier alpha value is -1.39. The molecule has 0 spiro atoms. The van der Waals surface area contributed by atoms with Crippen LogP contribution in [0.1, 0.15) is 82.8 Å². The third-order valence-electron chi connectivity index (χ3n) is 4.00. The van der Waals surface area contributed by atoms with Crippen molar-refractivity contribution in [2.45, 2.75) is 71.1 Å². The van der Waals surface area contributed by atoms with Gasteiger partial charge in [0.25, 0.3) is 0 Å². The second-order valence-electron chi connectivity index (χ2n) is 6.26. The highest BCUT2D eigenvalue weighted by molar-refractivity contribution is 5.76. The summed E-state index contributed by atoms with van der Waals surface area (Å²) in [6, 6.07) is 0. The van der Waals surface area contributed by atoms with Crippen molar-refractivity contribution < 1.29 is 14.1 Å². The minimum Gasteiger partial charge on any atom is -0.465 e. The molecular formula is C16H26N2O3. The van der Waals surface area contributed by atoms with Crippen LogP contribution in [0.5, 0.6) is 0 Å². The van der Waals surface area contributed by atoms with Gasteiger partial charge in [0.05, 0.1) is 6.61 Å². The number of hydrogen-bond acceptors (Lipinski definition) is 5. The van der Waals surface area contributed by atoms with Crippen molar-refractivity contribution in [2.75, 3.05) is 6.61 Å². The summed E-state index contributed by atoms with van der Waals surface area (Å²) >= 11 is 0. The summed E-state index contributed by atoms with van der Waals surface area (Å²) in [6.45, 7) is 6.33. The van der Waals surface area contributed by atoms with Gasteiger partial charge in [0.1, 0.15) is 5.92 Å². The Kier molecular flexibility index (Phi) is 5.76. The molecule has 1 aliphatic carbocycles. The highest BCUT2D eigenvalue weighted by Gasteiger charge is 2.30. The van der Waals surface area contributed by atoms with Gasteiger partial charge in [-0.15, -0.1) is 0 Å². The van der Waals surface area contributed by atoms with Gasteiger partial charge in [-0.25, -0.2) is 0 Å². The summed E-state index contributed by atoms with van der Waals surface area (Å²) in [6.07, 6.45) is 6.65. The van der Waals surface area contributed by atoms with Gasteiger partial charge in [-0.05, 0) is 32.1 Å². The van der Waals surface area contributed by atoms with Crippen molar-refractivity contribution in [1.29, 1.82) is 0 Å². The fourth-order valence-corrected chi connectivity index (χ4v) is 2.93. The average Bonchev–Trinajstić information content (AvgIpc) is 2.95. The van der Waals surface area contributed by atoms with Crippen LogP contribution in [0.25, 0.3) is 0 Å². The maximum atomic E-state index is 12.1. The topological polar surface area (TPSA) is 65.2 Å². The van der Waals surface area contributed by atoms with Crippen molar-refractivity contribution >= 4 is 5.97 Å². The molecule has 1 atom stereocenters. The highest BCUT2D eigenvalue weighted by atomic mass is 16.5. The predicted octanol–water partition coefficient (Wildman–Crippen LogP) is 3.81. The maximum absolute atomic E-state index is 12.1. The van der Waals surface area contributed by atoms with E-state index in [4.69, 9.17) is 9.26 Å². The molecule has 0 radical (unpaired) electrons. The summed E-state index contributed by atoms with van der Waals surface area (Å²) in [5.41, 5.74) is 0. The lowest BCUT2D eigenvalue weighted by Gasteiger charge is -2.17. The molecule has 0 aliphatic heterocycles. The lowest BCUT2D eigenvalue weighted by atomic mass is 9.89. The summed E-state index contributed by atoms with van der Waals surface area (Å²) in [7, 11) is 0. The molecular weight excluding hydrogens is 268 g/mol. The molecule has 1 fully saturated rings. The molecule has 5 nitrogen and oxygen atoms in total. The molecule has 0 amide bonds. The van der Waals surface area contributed by atoms with Crippen molar-refractivity contribution in [2.24, 2.45) is 5.92 Å². The van der Waals surface area contributed by atoms with Crippen LogP contribution in [-0.4, -0.2) is 22.7 Å². The Morgan fingerprint density at radius 3 is 2.67 bits per heavy atom. The number of esters is 1. The first kappa shape index (κ1) is 16.0. The fraction of sp³-hybridized carbons (Fsp3) is 0.812. The number of rotatable bonds is 6. The fourth-order valence-electron chi connectivity index (χ4n) is 2.93. The second kappa shape index (κ2) is 7.57. The zero-order chi connectivity index (χ0) is 15.2. The van der Waals surface area contributed by atoms with Gasteiger partial charge in [-0.1, -0.05) is 38.3 Å². The summed E-state index contributed by atoms with van der Waals surface area (Å²) < 4.78 is 10.5. The SMILES string of the molecule is CCOC(=O)C(CC(C)C)c1nc(C2CCCCC2)no1. The minimum absolute atomic E-state index is 0.259. The van der Waals surface area contributed by atoms with Gasteiger partial charge < -0.3 is 9.26 Å². The molecule has 5 heteroatoms. The predicted molar refractivity (Wildman–Crippen MR) is 79.0 cm³/mol. The molecule has 1 aliphatic rings. The van der Waals surface area contributed by atoms with E-state index in [1.807, 2.05) is 6.92 Å². The van der Waals surface area contributed by atoms with Crippen LogP contribution < -0.4 is 0 Å². The minimum atomic E-state index is -0.435. The highest BCUT2D eigenvalue weighted by Crippen LogP contribution is 2.32.